The Kier molecular flexibility index (Phi) is 5.77. The molecule has 3 aliphatic rings. The van der Waals surface area contributed by atoms with E-state index in [4.69, 9.17) is 0 Å². The van der Waals surface area contributed by atoms with E-state index in [9.17, 15) is 19.1 Å². The largest absolute Gasteiger partial charge is 0.380 e. The van der Waals surface area contributed by atoms with Crippen molar-refractivity contribution in [1.82, 2.24) is 14.5 Å². The van der Waals surface area contributed by atoms with Crippen molar-refractivity contribution >= 4 is 24.1 Å². The van der Waals surface area contributed by atoms with E-state index in [0.717, 1.165) is 12.8 Å². The van der Waals surface area contributed by atoms with Crippen molar-refractivity contribution in [2.45, 2.75) is 82.8 Å². The van der Waals surface area contributed by atoms with Gasteiger partial charge >= 0.3 is 7.60 Å². The first kappa shape index (κ1) is 21.9. The van der Waals surface area contributed by atoms with Gasteiger partial charge in [-0.3, -0.25) is 13.9 Å². The molecule has 1 aliphatic carbocycles. The molecule has 172 valence electrons. The highest BCUT2D eigenvalue weighted by Crippen LogP contribution is 2.46. The Hall–Kier alpha value is -1.95. The lowest BCUT2D eigenvalue weighted by Crippen LogP contribution is -2.46. The van der Waals surface area contributed by atoms with Crippen molar-refractivity contribution in [3.05, 3.63) is 46.4 Å². The van der Waals surface area contributed by atoms with E-state index in [2.05, 4.69) is 22.9 Å². The number of hydrogen-bond acceptors (Lipinski definition) is 4. The molecule has 2 fully saturated rings. The number of hydrogen-bond donors (Lipinski definition) is 2. The maximum Gasteiger partial charge on any atom is 0.380 e. The summed E-state index contributed by atoms with van der Waals surface area (Å²) in [4.78, 5) is 39.5. The molecular formula is C24H32N3O4P. The quantitative estimate of drug-likeness (QED) is 0.680. The van der Waals surface area contributed by atoms with Crippen LogP contribution < -0.4 is 11.0 Å². The first-order valence-electron chi connectivity index (χ1n) is 11.9. The van der Waals surface area contributed by atoms with Crippen LogP contribution in [0.15, 0.2) is 40.8 Å². The molecule has 0 spiro atoms. The standard InChI is InChI=1S/C24H32N3O4P/c1-16-13-18-14-19(15-22(16)26(18)17-9-5-3-2-4-6-10-17)27-21-12-8-7-11-20(21)25-23(24(27)28)32(29,30)31/h7-8,11-12,14,16-17,19,22H,2-6,9-10,13,15H2,1H3,(H2,29,30,31)/t16?,19-,22?/m1/s1. The van der Waals surface area contributed by atoms with Gasteiger partial charge in [-0.15, -0.1) is 0 Å². The fourth-order valence-electron chi connectivity index (χ4n) is 6.15. The Morgan fingerprint density at radius 2 is 1.75 bits per heavy atom. The van der Waals surface area contributed by atoms with Crippen molar-refractivity contribution in [3.63, 3.8) is 0 Å². The third-order valence-electron chi connectivity index (χ3n) is 7.60. The summed E-state index contributed by atoms with van der Waals surface area (Å²) in [6.07, 6.45) is 12.9. The van der Waals surface area contributed by atoms with Crippen LogP contribution >= 0.6 is 7.60 Å². The molecule has 2 unspecified atom stereocenters. The normalized spacial score (nSPS) is 27.3. The smallest absolute Gasteiger partial charge is 0.369 e. The Bertz CT molecular complexity index is 1150. The van der Waals surface area contributed by atoms with Crippen LogP contribution in [0.4, 0.5) is 0 Å². The minimum atomic E-state index is -4.78. The number of rotatable bonds is 3. The molecule has 3 heterocycles. The zero-order valence-corrected chi connectivity index (χ0v) is 19.5. The van der Waals surface area contributed by atoms with Gasteiger partial charge in [0.2, 0.25) is 5.44 Å². The van der Waals surface area contributed by atoms with Crippen LogP contribution in [0.25, 0.3) is 11.0 Å². The molecule has 8 heteroatoms. The first-order chi connectivity index (χ1) is 15.3. The highest BCUT2D eigenvalue weighted by Gasteiger charge is 2.43. The monoisotopic (exact) mass is 457 g/mol. The lowest BCUT2D eigenvalue weighted by atomic mass is 9.91. The van der Waals surface area contributed by atoms with Crippen LogP contribution in [-0.4, -0.2) is 36.3 Å². The second-order valence-corrected chi connectivity index (χ2v) is 11.3. The molecule has 2 aliphatic heterocycles. The summed E-state index contributed by atoms with van der Waals surface area (Å²) >= 11 is 0. The number of nitrogens with zero attached hydrogens (tertiary/aromatic N) is 3. The van der Waals surface area contributed by atoms with Crippen LogP contribution in [0.2, 0.25) is 0 Å². The minimum absolute atomic E-state index is 0.226. The van der Waals surface area contributed by atoms with Gasteiger partial charge in [-0.25, -0.2) is 4.98 Å². The number of para-hydroxylation sites is 2. The molecule has 1 aromatic heterocycles. The zero-order chi connectivity index (χ0) is 22.5. The third-order valence-corrected chi connectivity index (χ3v) is 8.44. The van der Waals surface area contributed by atoms with E-state index in [1.807, 2.05) is 12.1 Å². The summed E-state index contributed by atoms with van der Waals surface area (Å²) in [6.45, 7) is 2.29. The molecule has 7 nitrogen and oxygen atoms in total. The predicted molar refractivity (Wildman–Crippen MR) is 125 cm³/mol. The Balaban J connectivity index is 1.59. The Morgan fingerprint density at radius 3 is 2.44 bits per heavy atom. The predicted octanol–water partition coefficient (Wildman–Crippen LogP) is 3.85. The fraction of sp³-hybridized carbons (Fsp3) is 0.583. The van der Waals surface area contributed by atoms with Crippen molar-refractivity contribution in [2.75, 3.05) is 0 Å². The van der Waals surface area contributed by atoms with Crippen LogP contribution in [-0.2, 0) is 4.57 Å². The summed E-state index contributed by atoms with van der Waals surface area (Å²) in [5.74, 6) is 0.502. The lowest BCUT2D eigenvalue weighted by molar-refractivity contribution is 0.137. The van der Waals surface area contributed by atoms with Crippen molar-refractivity contribution in [2.24, 2.45) is 5.92 Å². The fourth-order valence-corrected chi connectivity index (χ4v) is 6.75. The van der Waals surface area contributed by atoms with Crippen molar-refractivity contribution in [1.29, 1.82) is 0 Å². The van der Waals surface area contributed by atoms with Gasteiger partial charge in [0, 0.05) is 17.8 Å². The van der Waals surface area contributed by atoms with Crippen LogP contribution in [0.5, 0.6) is 0 Å². The highest BCUT2D eigenvalue weighted by atomic mass is 31.2. The van der Waals surface area contributed by atoms with Gasteiger partial charge in [0.05, 0.1) is 17.1 Å². The molecule has 2 bridgehead atoms. The van der Waals surface area contributed by atoms with Gasteiger partial charge < -0.3 is 14.7 Å². The van der Waals surface area contributed by atoms with Gasteiger partial charge in [-0.2, -0.15) is 0 Å². The topological polar surface area (TPSA) is 95.7 Å². The maximum absolute atomic E-state index is 13.3. The molecule has 2 N–H and O–H groups in total. The summed E-state index contributed by atoms with van der Waals surface area (Å²) < 4.78 is 13.6. The molecule has 1 saturated heterocycles. The van der Waals surface area contributed by atoms with E-state index >= 15 is 0 Å². The van der Waals surface area contributed by atoms with Gasteiger partial charge in [-0.05, 0) is 49.8 Å². The molecular weight excluding hydrogens is 425 g/mol. The molecule has 3 atom stereocenters. The minimum Gasteiger partial charge on any atom is -0.369 e. The van der Waals surface area contributed by atoms with E-state index in [0.29, 0.717) is 29.0 Å². The summed E-state index contributed by atoms with van der Waals surface area (Å²) in [5.41, 5.74) is 1.03. The molecule has 32 heavy (non-hydrogen) atoms. The van der Waals surface area contributed by atoms with E-state index in [-0.39, 0.29) is 6.04 Å². The van der Waals surface area contributed by atoms with Crippen molar-refractivity contribution < 1.29 is 14.4 Å². The molecule has 2 aromatic rings. The van der Waals surface area contributed by atoms with E-state index < -0.39 is 18.6 Å². The second-order valence-electron chi connectivity index (χ2n) is 9.76. The molecule has 0 radical (unpaired) electrons. The van der Waals surface area contributed by atoms with E-state index in [1.165, 1.54) is 50.6 Å². The highest BCUT2D eigenvalue weighted by molar-refractivity contribution is 7.59. The van der Waals surface area contributed by atoms with Crippen molar-refractivity contribution in [3.8, 4) is 0 Å². The van der Waals surface area contributed by atoms with Crippen LogP contribution in [0.1, 0.15) is 70.8 Å². The Morgan fingerprint density at radius 1 is 1.06 bits per heavy atom. The zero-order valence-electron chi connectivity index (χ0n) is 18.6. The molecule has 1 aromatic carbocycles. The maximum atomic E-state index is 13.3. The summed E-state index contributed by atoms with van der Waals surface area (Å²) in [7, 11) is -4.78. The van der Waals surface area contributed by atoms with E-state index in [1.54, 1.807) is 16.7 Å². The second kappa shape index (κ2) is 8.44. The number of fused-ring (bicyclic) bond motifs is 3. The van der Waals surface area contributed by atoms with Crippen LogP contribution in [0.3, 0.4) is 0 Å². The number of aromatic nitrogens is 2. The SMILES string of the molecule is CC1CC2=C[C@@H](n3c(=O)c(P(=O)(O)O)nc4ccccc43)CC1N2C1CCCCCCC1. The average molecular weight is 458 g/mol. The summed E-state index contributed by atoms with van der Waals surface area (Å²) in [5, 5.41) is 0. The Labute approximate surface area is 188 Å². The molecule has 0 amide bonds. The average Bonchev–Trinajstić information content (AvgIpc) is 2.91. The number of allylic oxidation sites excluding steroid dienone is 2. The van der Waals surface area contributed by atoms with Gasteiger partial charge in [0.15, 0.2) is 0 Å². The third kappa shape index (κ3) is 3.85. The first-order valence-corrected chi connectivity index (χ1v) is 13.5. The summed E-state index contributed by atoms with van der Waals surface area (Å²) in [6, 6.07) is 7.82. The van der Waals surface area contributed by atoms with Gasteiger partial charge in [0.1, 0.15) is 0 Å². The molecule has 1 saturated carbocycles. The lowest BCUT2D eigenvalue weighted by Gasteiger charge is -2.42. The number of benzene rings is 1. The van der Waals surface area contributed by atoms with Gasteiger partial charge in [-0.1, -0.05) is 51.2 Å². The molecule has 5 rings (SSSR count). The van der Waals surface area contributed by atoms with Crippen LogP contribution in [0, 0.1) is 5.92 Å². The van der Waals surface area contributed by atoms with Gasteiger partial charge in [0.25, 0.3) is 5.56 Å².